The fraction of sp³-hybridized carbons (Fsp3) is 0.538. The van der Waals surface area contributed by atoms with Gasteiger partial charge in [0.2, 0.25) is 0 Å². The smallest absolute Gasteiger partial charge is 0.122 e. The first kappa shape index (κ1) is 12.1. The van der Waals surface area contributed by atoms with Gasteiger partial charge in [-0.15, -0.1) is 0 Å². The van der Waals surface area contributed by atoms with E-state index in [9.17, 15) is 0 Å². The van der Waals surface area contributed by atoms with Crippen LogP contribution in [0, 0.1) is 6.92 Å². The molecule has 84 valence electrons. The predicted octanol–water partition coefficient (Wildman–Crippen LogP) is 2.67. The molecule has 2 N–H and O–H groups in total. The Labute approximate surface area is 92.4 Å². The topological polar surface area (TPSA) is 35.2 Å². The lowest BCUT2D eigenvalue weighted by Gasteiger charge is -2.13. The normalized spacial score (nSPS) is 12.5. The maximum absolute atomic E-state index is 5.80. The number of hydrogen-bond acceptors (Lipinski definition) is 2. The molecule has 0 spiro atoms. The van der Waals surface area contributed by atoms with E-state index in [-0.39, 0.29) is 6.04 Å². The summed E-state index contributed by atoms with van der Waals surface area (Å²) in [5.41, 5.74) is 8.25. The summed E-state index contributed by atoms with van der Waals surface area (Å²) in [5.74, 6) is 0.995. The fourth-order valence-electron chi connectivity index (χ4n) is 1.52. The SMILES string of the molecule is CCCOc1cc(C)ccc1CC(C)N. The first-order valence-corrected chi connectivity index (χ1v) is 5.61. The highest BCUT2D eigenvalue weighted by atomic mass is 16.5. The van der Waals surface area contributed by atoms with Crippen LogP contribution in [0.5, 0.6) is 5.75 Å². The van der Waals surface area contributed by atoms with E-state index in [1.54, 1.807) is 0 Å². The minimum atomic E-state index is 0.177. The summed E-state index contributed by atoms with van der Waals surface area (Å²) in [6.45, 7) is 6.98. The third-order valence-corrected chi connectivity index (χ3v) is 2.23. The van der Waals surface area contributed by atoms with E-state index in [1.165, 1.54) is 11.1 Å². The zero-order valence-electron chi connectivity index (χ0n) is 9.92. The van der Waals surface area contributed by atoms with Gasteiger partial charge in [-0.2, -0.15) is 0 Å². The number of ether oxygens (including phenoxy) is 1. The van der Waals surface area contributed by atoms with Crippen molar-refractivity contribution >= 4 is 0 Å². The summed E-state index contributed by atoms with van der Waals surface area (Å²) in [5, 5.41) is 0. The maximum Gasteiger partial charge on any atom is 0.122 e. The van der Waals surface area contributed by atoms with E-state index < -0.39 is 0 Å². The third-order valence-electron chi connectivity index (χ3n) is 2.23. The van der Waals surface area contributed by atoms with Crippen molar-refractivity contribution in [1.82, 2.24) is 0 Å². The summed E-state index contributed by atoms with van der Waals surface area (Å²) in [6.07, 6.45) is 1.91. The minimum absolute atomic E-state index is 0.177. The molecule has 0 heterocycles. The lowest BCUT2D eigenvalue weighted by atomic mass is 10.0. The second-order valence-electron chi connectivity index (χ2n) is 4.14. The predicted molar refractivity (Wildman–Crippen MR) is 64.3 cm³/mol. The largest absolute Gasteiger partial charge is 0.493 e. The molecule has 2 heteroatoms. The lowest BCUT2D eigenvalue weighted by Crippen LogP contribution is -2.18. The Morgan fingerprint density at radius 3 is 2.73 bits per heavy atom. The molecule has 0 bridgehead atoms. The highest BCUT2D eigenvalue weighted by molar-refractivity contribution is 5.37. The maximum atomic E-state index is 5.80. The zero-order valence-corrected chi connectivity index (χ0v) is 9.92. The highest BCUT2D eigenvalue weighted by Crippen LogP contribution is 2.21. The second kappa shape index (κ2) is 5.76. The molecular weight excluding hydrogens is 186 g/mol. The second-order valence-corrected chi connectivity index (χ2v) is 4.14. The summed E-state index contributed by atoms with van der Waals surface area (Å²) in [4.78, 5) is 0. The van der Waals surface area contributed by atoms with Crippen LogP contribution >= 0.6 is 0 Å². The van der Waals surface area contributed by atoms with Crippen molar-refractivity contribution in [1.29, 1.82) is 0 Å². The van der Waals surface area contributed by atoms with Crippen molar-refractivity contribution in [2.45, 2.75) is 39.7 Å². The molecule has 1 aromatic rings. The first-order chi connectivity index (χ1) is 7.13. The Bertz CT molecular complexity index is 307. The van der Waals surface area contributed by atoms with E-state index in [0.717, 1.165) is 25.2 Å². The van der Waals surface area contributed by atoms with E-state index in [2.05, 4.69) is 32.0 Å². The molecule has 0 radical (unpaired) electrons. The molecule has 1 rings (SSSR count). The van der Waals surface area contributed by atoms with Crippen LogP contribution in [0.3, 0.4) is 0 Å². The molecule has 1 aromatic carbocycles. The van der Waals surface area contributed by atoms with Gasteiger partial charge in [0, 0.05) is 6.04 Å². The average Bonchev–Trinajstić information content (AvgIpc) is 2.18. The van der Waals surface area contributed by atoms with E-state index in [4.69, 9.17) is 10.5 Å². The standard InChI is InChI=1S/C13H21NO/c1-4-7-15-13-8-10(2)5-6-12(13)9-11(3)14/h5-6,8,11H,4,7,9,14H2,1-3H3. The summed E-state index contributed by atoms with van der Waals surface area (Å²) in [6, 6.07) is 6.49. The number of rotatable bonds is 5. The lowest BCUT2D eigenvalue weighted by molar-refractivity contribution is 0.313. The molecule has 1 atom stereocenters. The molecule has 0 aliphatic heterocycles. The Balaban J connectivity index is 2.82. The van der Waals surface area contributed by atoms with Gasteiger partial charge in [0.1, 0.15) is 5.75 Å². The molecule has 0 saturated heterocycles. The molecule has 0 amide bonds. The van der Waals surface area contributed by atoms with E-state index in [0.29, 0.717) is 0 Å². The van der Waals surface area contributed by atoms with Gasteiger partial charge in [-0.25, -0.2) is 0 Å². The van der Waals surface area contributed by atoms with Crippen LogP contribution in [-0.2, 0) is 6.42 Å². The molecule has 2 nitrogen and oxygen atoms in total. The molecule has 0 aliphatic rings. The van der Waals surface area contributed by atoms with Crippen molar-refractivity contribution in [2.24, 2.45) is 5.73 Å². The third kappa shape index (κ3) is 3.92. The van der Waals surface area contributed by atoms with Gasteiger partial charge in [0.15, 0.2) is 0 Å². The van der Waals surface area contributed by atoms with Crippen molar-refractivity contribution in [3.8, 4) is 5.75 Å². The molecular formula is C13H21NO. The van der Waals surface area contributed by atoms with Crippen LogP contribution in [0.25, 0.3) is 0 Å². The van der Waals surface area contributed by atoms with Crippen molar-refractivity contribution in [2.75, 3.05) is 6.61 Å². The quantitative estimate of drug-likeness (QED) is 0.805. The van der Waals surface area contributed by atoms with Crippen LogP contribution < -0.4 is 10.5 Å². The molecule has 0 saturated carbocycles. The average molecular weight is 207 g/mol. The van der Waals surface area contributed by atoms with Gasteiger partial charge in [-0.05, 0) is 43.9 Å². The van der Waals surface area contributed by atoms with Crippen LogP contribution in [0.1, 0.15) is 31.4 Å². The molecule has 15 heavy (non-hydrogen) atoms. The first-order valence-electron chi connectivity index (χ1n) is 5.61. The number of benzene rings is 1. The van der Waals surface area contributed by atoms with E-state index in [1.807, 2.05) is 6.92 Å². The number of nitrogens with two attached hydrogens (primary N) is 1. The summed E-state index contributed by atoms with van der Waals surface area (Å²) < 4.78 is 5.71. The highest BCUT2D eigenvalue weighted by Gasteiger charge is 2.06. The summed E-state index contributed by atoms with van der Waals surface area (Å²) >= 11 is 0. The zero-order chi connectivity index (χ0) is 11.3. The van der Waals surface area contributed by atoms with Gasteiger partial charge < -0.3 is 10.5 Å². The van der Waals surface area contributed by atoms with Crippen LogP contribution in [0.15, 0.2) is 18.2 Å². The molecule has 0 aromatic heterocycles. The van der Waals surface area contributed by atoms with Crippen LogP contribution in [0.2, 0.25) is 0 Å². The van der Waals surface area contributed by atoms with Crippen LogP contribution in [0.4, 0.5) is 0 Å². The Hall–Kier alpha value is -1.02. The monoisotopic (exact) mass is 207 g/mol. The molecule has 0 fully saturated rings. The Morgan fingerprint density at radius 2 is 2.13 bits per heavy atom. The Morgan fingerprint density at radius 1 is 1.40 bits per heavy atom. The van der Waals surface area contributed by atoms with Crippen LogP contribution in [-0.4, -0.2) is 12.6 Å². The van der Waals surface area contributed by atoms with Gasteiger partial charge in [-0.3, -0.25) is 0 Å². The summed E-state index contributed by atoms with van der Waals surface area (Å²) in [7, 11) is 0. The van der Waals surface area contributed by atoms with Crippen molar-refractivity contribution in [3.63, 3.8) is 0 Å². The van der Waals surface area contributed by atoms with Crippen molar-refractivity contribution < 1.29 is 4.74 Å². The Kier molecular flexibility index (Phi) is 4.63. The van der Waals surface area contributed by atoms with Gasteiger partial charge in [0.05, 0.1) is 6.61 Å². The minimum Gasteiger partial charge on any atom is -0.493 e. The van der Waals surface area contributed by atoms with E-state index >= 15 is 0 Å². The van der Waals surface area contributed by atoms with Gasteiger partial charge in [-0.1, -0.05) is 19.1 Å². The molecule has 1 unspecified atom stereocenters. The number of aryl methyl sites for hydroxylation is 1. The number of hydrogen-bond donors (Lipinski definition) is 1. The fourth-order valence-corrected chi connectivity index (χ4v) is 1.52. The molecule has 0 aliphatic carbocycles. The van der Waals surface area contributed by atoms with Gasteiger partial charge in [0.25, 0.3) is 0 Å². The van der Waals surface area contributed by atoms with Gasteiger partial charge >= 0.3 is 0 Å². The van der Waals surface area contributed by atoms with Crippen molar-refractivity contribution in [3.05, 3.63) is 29.3 Å².